The van der Waals surface area contributed by atoms with Crippen LogP contribution in [-0.4, -0.2) is 56.9 Å². The van der Waals surface area contributed by atoms with E-state index >= 15 is 0 Å². The molecule has 0 radical (unpaired) electrons. The third-order valence-electron chi connectivity index (χ3n) is 3.86. The summed E-state index contributed by atoms with van der Waals surface area (Å²) in [5.74, 6) is -0.269. The quantitative estimate of drug-likeness (QED) is 0.760. The van der Waals surface area contributed by atoms with Gasteiger partial charge in [0.05, 0.1) is 12.2 Å². The highest BCUT2D eigenvalue weighted by Crippen LogP contribution is 2.27. The van der Waals surface area contributed by atoms with Gasteiger partial charge in [0.1, 0.15) is 12.5 Å². The lowest BCUT2D eigenvalue weighted by atomic mass is 10.2. The van der Waals surface area contributed by atoms with E-state index in [1.807, 2.05) is 11.0 Å². The largest absolute Gasteiger partial charge is 0.465 e. The molecule has 7 nitrogen and oxygen atoms in total. The van der Waals surface area contributed by atoms with Gasteiger partial charge in [0.15, 0.2) is 6.23 Å². The number of anilines is 2. The number of carbonyl (C=O) groups is 1. The molecule has 1 atom stereocenters. The molecule has 0 bridgehead atoms. The highest BCUT2D eigenvalue weighted by atomic mass is 19.1. The third-order valence-corrected chi connectivity index (χ3v) is 3.86. The van der Waals surface area contributed by atoms with Gasteiger partial charge in [-0.15, -0.1) is 0 Å². The fourth-order valence-corrected chi connectivity index (χ4v) is 2.75. The summed E-state index contributed by atoms with van der Waals surface area (Å²) in [6, 6.07) is 5.09. The van der Waals surface area contributed by atoms with Gasteiger partial charge in [-0.2, -0.15) is 0 Å². The molecular weight excluding hydrogens is 291 g/mol. The average Bonchev–Trinajstić information content (AvgIpc) is 2.95. The van der Waals surface area contributed by atoms with Crippen LogP contribution in [0.15, 0.2) is 18.2 Å². The normalized spacial score (nSPS) is 22.0. The number of rotatable bonds is 3. The molecule has 1 unspecified atom stereocenters. The lowest BCUT2D eigenvalue weighted by molar-refractivity contribution is 0.0862. The van der Waals surface area contributed by atoms with Gasteiger partial charge >= 0.3 is 6.09 Å². The Morgan fingerprint density at radius 3 is 2.82 bits per heavy atom. The third kappa shape index (κ3) is 3.23. The first-order chi connectivity index (χ1) is 10.6. The molecule has 1 aromatic rings. The van der Waals surface area contributed by atoms with E-state index in [4.69, 9.17) is 9.84 Å². The van der Waals surface area contributed by atoms with E-state index < -0.39 is 12.3 Å². The smallest absolute Gasteiger partial charge is 0.406 e. The summed E-state index contributed by atoms with van der Waals surface area (Å²) in [5, 5.41) is 14.2. The number of nitrogens with zero attached hydrogens (tertiary/aromatic N) is 2. The molecule has 2 saturated heterocycles. The molecule has 22 heavy (non-hydrogen) atoms. The number of ether oxygens (including phenoxy) is 1. The van der Waals surface area contributed by atoms with Crippen molar-refractivity contribution in [1.29, 1.82) is 0 Å². The van der Waals surface area contributed by atoms with Crippen molar-refractivity contribution in [3.63, 3.8) is 0 Å². The summed E-state index contributed by atoms with van der Waals surface area (Å²) < 4.78 is 19.7. The van der Waals surface area contributed by atoms with E-state index in [2.05, 4.69) is 10.6 Å². The standard InChI is InChI=1S/C14H19FN4O3/c15-11-7-10(19-8-13(22-9-19)17-14(20)21)1-2-12(11)18-5-3-16-4-6-18/h1-2,7,13,16-17H,3-6,8-9H2,(H,20,21). The second-order valence-electron chi connectivity index (χ2n) is 5.33. The first kappa shape index (κ1) is 14.9. The molecule has 2 heterocycles. The number of hydrogen-bond acceptors (Lipinski definition) is 5. The van der Waals surface area contributed by atoms with E-state index in [1.54, 1.807) is 11.0 Å². The van der Waals surface area contributed by atoms with E-state index in [9.17, 15) is 9.18 Å². The Bertz CT molecular complexity index is 551. The van der Waals surface area contributed by atoms with Gasteiger partial charge < -0.3 is 25.0 Å². The zero-order valence-corrected chi connectivity index (χ0v) is 12.1. The number of amides is 1. The van der Waals surface area contributed by atoms with Crippen molar-refractivity contribution in [3.05, 3.63) is 24.0 Å². The van der Waals surface area contributed by atoms with Crippen molar-refractivity contribution >= 4 is 17.5 Å². The second kappa shape index (κ2) is 6.37. The van der Waals surface area contributed by atoms with Crippen LogP contribution in [0.5, 0.6) is 0 Å². The zero-order chi connectivity index (χ0) is 15.5. The fraction of sp³-hybridized carbons (Fsp3) is 0.500. The predicted octanol–water partition coefficient (Wildman–Crippen LogP) is 0.623. The van der Waals surface area contributed by atoms with Gasteiger partial charge in [-0.05, 0) is 18.2 Å². The molecule has 120 valence electrons. The minimum atomic E-state index is -1.13. The summed E-state index contributed by atoms with van der Waals surface area (Å²) in [6.45, 7) is 3.87. The Labute approximate surface area is 127 Å². The summed E-state index contributed by atoms with van der Waals surface area (Å²) in [6.07, 6.45) is -1.72. The highest BCUT2D eigenvalue weighted by molar-refractivity contribution is 5.65. The molecule has 2 fully saturated rings. The number of hydrogen-bond donors (Lipinski definition) is 3. The van der Waals surface area contributed by atoms with E-state index in [0.717, 1.165) is 26.2 Å². The monoisotopic (exact) mass is 310 g/mol. The van der Waals surface area contributed by atoms with E-state index in [-0.39, 0.29) is 12.5 Å². The topological polar surface area (TPSA) is 77.1 Å². The Hall–Kier alpha value is -2.06. The summed E-state index contributed by atoms with van der Waals surface area (Å²) >= 11 is 0. The van der Waals surface area contributed by atoms with Crippen LogP contribution in [0, 0.1) is 5.82 Å². The Balaban J connectivity index is 1.68. The van der Waals surface area contributed by atoms with Gasteiger partial charge in [-0.25, -0.2) is 9.18 Å². The Morgan fingerprint density at radius 2 is 2.14 bits per heavy atom. The van der Waals surface area contributed by atoms with Crippen LogP contribution in [0.4, 0.5) is 20.6 Å². The molecule has 2 aliphatic rings. The molecule has 3 rings (SSSR count). The highest BCUT2D eigenvalue weighted by Gasteiger charge is 2.25. The number of carboxylic acid groups (broad SMARTS) is 1. The van der Waals surface area contributed by atoms with Gasteiger partial charge in [-0.3, -0.25) is 5.32 Å². The van der Waals surface area contributed by atoms with Crippen molar-refractivity contribution in [1.82, 2.24) is 10.6 Å². The van der Waals surface area contributed by atoms with Crippen LogP contribution in [0.25, 0.3) is 0 Å². The molecule has 3 N–H and O–H groups in total. The average molecular weight is 310 g/mol. The van der Waals surface area contributed by atoms with Crippen molar-refractivity contribution in [2.24, 2.45) is 0 Å². The van der Waals surface area contributed by atoms with Crippen LogP contribution in [0.3, 0.4) is 0 Å². The van der Waals surface area contributed by atoms with Crippen molar-refractivity contribution in [2.75, 3.05) is 49.3 Å². The second-order valence-corrected chi connectivity index (χ2v) is 5.33. The molecule has 1 amide bonds. The van der Waals surface area contributed by atoms with Gasteiger partial charge in [0, 0.05) is 31.9 Å². The molecule has 0 saturated carbocycles. The minimum Gasteiger partial charge on any atom is -0.465 e. The van der Waals surface area contributed by atoms with Crippen molar-refractivity contribution < 1.29 is 19.0 Å². The number of nitrogens with one attached hydrogen (secondary N) is 2. The first-order valence-electron chi connectivity index (χ1n) is 7.25. The molecule has 2 aliphatic heterocycles. The van der Waals surface area contributed by atoms with Crippen LogP contribution < -0.4 is 20.4 Å². The van der Waals surface area contributed by atoms with Gasteiger partial charge in [-0.1, -0.05) is 0 Å². The van der Waals surface area contributed by atoms with E-state index in [1.165, 1.54) is 6.07 Å². The summed E-state index contributed by atoms with van der Waals surface area (Å²) in [5.41, 5.74) is 1.29. The summed E-state index contributed by atoms with van der Waals surface area (Å²) in [4.78, 5) is 14.4. The molecule has 0 aromatic heterocycles. The first-order valence-corrected chi connectivity index (χ1v) is 7.25. The van der Waals surface area contributed by atoms with Crippen LogP contribution in [0.2, 0.25) is 0 Å². The predicted molar refractivity (Wildman–Crippen MR) is 79.7 cm³/mol. The van der Waals surface area contributed by atoms with Crippen LogP contribution >= 0.6 is 0 Å². The lowest BCUT2D eigenvalue weighted by Crippen LogP contribution is -2.43. The SMILES string of the molecule is O=C(O)NC1CN(c2ccc(N3CCNCC3)c(F)c2)CO1. The van der Waals surface area contributed by atoms with Crippen LogP contribution in [0.1, 0.15) is 0 Å². The fourth-order valence-electron chi connectivity index (χ4n) is 2.75. The van der Waals surface area contributed by atoms with Crippen molar-refractivity contribution in [2.45, 2.75) is 6.23 Å². The van der Waals surface area contributed by atoms with E-state index in [0.29, 0.717) is 17.9 Å². The Kier molecular flexibility index (Phi) is 4.30. The number of piperazine rings is 1. The molecule has 0 spiro atoms. The van der Waals surface area contributed by atoms with Crippen molar-refractivity contribution in [3.8, 4) is 0 Å². The minimum absolute atomic E-state index is 0.233. The van der Waals surface area contributed by atoms with Gasteiger partial charge in [0.2, 0.25) is 0 Å². The number of benzene rings is 1. The molecule has 0 aliphatic carbocycles. The molecular formula is C14H19FN4O3. The summed E-state index contributed by atoms with van der Waals surface area (Å²) in [7, 11) is 0. The van der Waals surface area contributed by atoms with Crippen LogP contribution in [-0.2, 0) is 4.74 Å². The number of halogens is 1. The zero-order valence-electron chi connectivity index (χ0n) is 12.1. The lowest BCUT2D eigenvalue weighted by Gasteiger charge is -2.30. The Morgan fingerprint density at radius 1 is 1.36 bits per heavy atom. The maximum absolute atomic E-state index is 14.4. The molecule has 1 aromatic carbocycles. The maximum Gasteiger partial charge on any atom is 0.406 e. The van der Waals surface area contributed by atoms with Gasteiger partial charge in [0.25, 0.3) is 0 Å². The molecule has 8 heteroatoms. The maximum atomic E-state index is 14.4.